The van der Waals surface area contributed by atoms with E-state index in [2.05, 4.69) is 4.98 Å². The minimum absolute atomic E-state index is 0.0896. The molecule has 32 heavy (non-hydrogen) atoms. The highest BCUT2D eigenvalue weighted by atomic mass is 19.1. The molecule has 1 atom stereocenters. The summed E-state index contributed by atoms with van der Waals surface area (Å²) < 4.78 is 13.9. The molecule has 2 aromatic carbocycles. The fourth-order valence-electron chi connectivity index (χ4n) is 3.84. The van der Waals surface area contributed by atoms with Crippen LogP contribution in [0.25, 0.3) is 11.3 Å². The first-order chi connectivity index (χ1) is 15.5. The van der Waals surface area contributed by atoms with Crippen molar-refractivity contribution >= 4 is 17.6 Å². The van der Waals surface area contributed by atoms with E-state index >= 15 is 0 Å². The molecular formula is C25H22FN3O3. The van der Waals surface area contributed by atoms with E-state index in [4.69, 9.17) is 0 Å². The van der Waals surface area contributed by atoms with Crippen LogP contribution in [0.5, 0.6) is 0 Å². The molecule has 1 unspecified atom stereocenters. The van der Waals surface area contributed by atoms with Gasteiger partial charge in [0, 0.05) is 48.6 Å². The summed E-state index contributed by atoms with van der Waals surface area (Å²) in [4.78, 5) is 45.5. The van der Waals surface area contributed by atoms with Crippen LogP contribution in [-0.2, 0) is 4.79 Å². The van der Waals surface area contributed by atoms with Crippen molar-refractivity contribution in [3.8, 4) is 11.3 Å². The van der Waals surface area contributed by atoms with Crippen LogP contribution < -0.4 is 0 Å². The van der Waals surface area contributed by atoms with E-state index in [0.29, 0.717) is 24.2 Å². The molecule has 0 N–H and O–H groups in total. The minimum Gasteiger partial charge on any atom is -0.335 e. The number of pyridine rings is 1. The summed E-state index contributed by atoms with van der Waals surface area (Å²) >= 11 is 0. The van der Waals surface area contributed by atoms with Crippen molar-refractivity contribution in [2.45, 2.75) is 13.0 Å². The van der Waals surface area contributed by atoms with Gasteiger partial charge in [0.15, 0.2) is 0 Å². The van der Waals surface area contributed by atoms with Gasteiger partial charge < -0.3 is 9.80 Å². The molecule has 2 heterocycles. The van der Waals surface area contributed by atoms with Crippen molar-refractivity contribution in [1.29, 1.82) is 0 Å². The molecule has 6 nitrogen and oxygen atoms in total. The number of piperazine rings is 1. The number of aromatic nitrogens is 1. The number of amides is 2. The maximum Gasteiger partial charge on any atom is 0.295 e. The highest BCUT2D eigenvalue weighted by Crippen LogP contribution is 2.21. The zero-order chi connectivity index (χ0) is 22.7. The van der Waals surface area contributed by atoms with E-state index in [1.165, 1.54) is 35.4 Å². The zero-order valence-electron chi connectivity index (χ0n) is 17.6. The minimum atomic E-state index is -0.632. The maximum atomic E-state index is 13.9. The predicted octanol–water partition coefficient (Wildman–Crippen LogP) is 3.44. The molecule has 0 spiro atoms. The third-order valence-electron chi connectivity index (χ3n) is 5.57. The summed E-state index contributed by atoms with van der Waals surface area (Å²) in [5.74, 6) is -1.79. The Bertz CT molecular complexity index is 1150. The SMILES string of the molecule is CC1CN(C(=O)c2ccccc2)CCN1C(=O)C(=O)c1ccc(-c2ncccc2F)cc1. The zero-order valence-corrected chi connectivity index (χ0v) is 17.6. The number of halogens is 1. The number of carbonyl (C=O) groups excluding carboxylic acids is 3. The summed E-state index contributed by atoms with van der Waals surface area (Å²) in [6, 6.07) is 17.7. The van der Waals surface area contributed by atoms with Gasteiger partial charge in [0.2, 0.25) is 5.78 Å². The summed E-state index contributed by atoms with van der Waals surface area (Å²) in [6.07, 6.45) is 1.49. The fourth-order valence-corrected chi connectivity index (χ4v) is 3.84. The van der Waals surface area contributed by atoms with Gasteiger partial charge in [0.05, 0.1) is 0 Å². The van der Waals surface area contributed by atoms with Gasteiger partial charge in [-0.1, -0.05) is 42.5 Å². The first-order valence-electron chi connectivity index (χ1n) is 10.4. The van der Waals surface area contributed by atoms with E-state index in [1.807, 2.05) is 25.1 Å². The molecule has 1 aliphatic heterocycles. The topological polar surface area (TPSA) is 70.6 Å². The summed E-state index contributed by atoms with van der Waals surface area (Å²) in [5, 5.41) is 0. The lowest BCUT2D eigenvalue weighted by Gasteiger charge is -2.39. The summed E-state index contributed by atoms with van der Waals surface area (Å²) in [5.41, 5.74) is 1.53. The van der Waals surface area contributed by atoms with Gasteiger partial charge in [-0.05, 0) is 31.2 Å². The van der Waals surface area contributed by atoms with Crippen molar-refractivity contribution in [2.24, 2.45) is 0 Å². The van der Waals surface area contributed by atoms with Crippen molar-refractivity contribution in [2.75, 3.05) is 19.6 Å². The van der Waals surface area contributed by atoms with Crippen molar-refractivity contribution in [1.82, 2.24) is 14.8 Å². The molecule has 7 heteroatoms. The Morgan fingerprint density at radius 2 is 1.62 bits per heavy atom. The molecule has 0 aliphatic carbocycles. The lowest BCUT2D eigenvalue weighted by molar-refractivity contribution is -0.130. The predicted molar refractivity (Wildman–Crippen MR) is 117 cm³/mol. The number of nitrogens with zero attached hydrogens (tertiary/aromatic N) is 3. The fraction of sp³-hybridized carbons (Fsp3) is 0.200. The monoisotopic (exact) mass is 431 g/mol. The third kappa shape index (κ3) is 4.27. The van der Waals surface area contributed by atoms with Gasteiger partial charge in [-0.15, -0.1) is 0 Å². The number of Topliss-reactive ketones (excluding diaryl/α,β-unsaturated/α-hetero) is 1. The number of ketones is 1. The van der Waals surface area contributed by atoms with Gasteiger partial charge >= 0.3 is 0 Å². The van der Waals surface area contributed by atoms with Crippen LogP contribution in [-0.4, -0.2) is 58.1 Å². The van der Waals surface area contributed by atoms with Crippen LogP contribution in [0.1, 0.15) is 27.6 Å². The second-order valence-electron chi connectivity index (χ2n) is 7.71. The molecule has 1 fully saturated rings. The Morgan fingerprint density at radius 3 is 2.28 bits per heavy atom. The van der Waals surface area contributed by atoms with Gasteiger partial charge in [0.1, 0.15) is 11.5 Å². The first-order valence-corrected chi connectivity index (χ1v) is 10.4. The molecule has 3 aromatic rings. The molecule has 1 aromatic heterocycles. The maximum absolute atomic E-state index is 13.9. The first kappa shape index (κ1) is 21.4. The van der Waals surface area contributed by atoms with Crippen LogP contribution in [0.4, 0.5) is 4.39 Å². The molecule has 0 bridgehead atoms. The molecular weight excluding hydrogens is 409 g/mol. The van der Waals surface area contributed by atoms with Crippen molar-refractivity contribution in [3.63, 3.8) is 0 Å². The number of rotatable bonds is 4. The molecule has 162 valence electrons. The van der Waals surface area contributed by atoms with Crippen molar-refractivity contribution < 1.29 is 18.8 Å². The molecule has 4 rings (SSSR count). The normalized spacial score (nSPS) is 16.0. The largest absolute Gasteiger partial charge is 0.335 e. The van der Waals surface area contributed by atoms with Gasteiger partial charge in [-0.3, -0.25) is 19.4 Å². The van der Waals surface area contributed by atoms with Gasteiger partial charge in [-0.25, -0.2) is 4.39 Å². The number of carbonyl (C=O) groups is 3. The average molecular weight is 431 g/mol. The van der Waals surface area contributed by atoms with Crippen LogP contribution >= 0.6 is 0 Å². The Labute approximate surface area is 185 Å². The second-order valence-corrected chi connectivity index (χ2v) is 7.71. The number of benzene rings is 2. The van der Waals surface area contributed by atoms with E-state index in [0.717, 1.165) is 0 Å². The smallest absolute Gasteiger partial charge is 0.295 e. The highest BCUT2D eigenvalue weighted by Gasteiger charge is 2.33. The van der Waals surface area contributed by atoms with E-state index in [9.17, 15) is 18.8 Å². The van der Waals surface area contributed by atoms with E-state index in [-0.39, 0.29) is 29.8 Å². The quantitative estimate of drug-likeness (QED) is 0.469. The molecule has 1 saturated heterocycles. The summed E-state index contributed by atoms with van der Waals surface area (Å²) in [7, 11) is 0. The Hall–Kier alpha value is -3.87. The number of hydrogen-bond donors (Lipinski definition) is 0. The molecule has 0 saturated carbocycles. The highest BCUT2D eigenvalue weighted by molar-refractivity contribution is 6.42. The van der Waals surface area contributed by atoms with Gasteiger partial charge in [0.25, 0.3) is 11.8 Å². The average Bonchev–Trinajstić information content (AvgIpc) is 2.83. The Balaban J connectivity index is 1.43. The summed E-state index contributed by atoms with van der Waals surface area (Å²) in [6.45, 7) is 2.81. The Kier molecular flexibility index (Phi) is 6.07. The van der Waals surface area contributed by atoms with Crippen LogP contribution in [0.2, 0.25) is 0 Å². The van der Waals surface area contributed by atoms with E-state index < -0.39 is 17.5 Å². The van der Waals surface area contributed by atoms with Gasteiger partial charge in [-0.2, -0.15) is 0 Å². The standard InChI is InChI=1S/C25H22FN3O3/c1-17-16-28(24(31)20-6-3-2-4-7-20)14-15-29(17)25(32)23(30)19-11-9-18(10-12-19)22-21(26)8-5-13-27-22/h2-13,17H,14-16H2,1H3. The molecule has 0 radical (unpaired) electrons. The van der Waals surface area contributed by atoms with Crippen LogP contribution in [0, 0.1) is 5.82 Å². The molecule has 2 amide bonds. The lowest BCUT2D eigenvalue weighted by Crippen LogP contribution is -2.56. The van der Waals surface area contributed by atoms with E-state index in [1.54, 1.807) is 29.2 Å². The lowest BCUT2D eigenvalue weighted by atomic mass is 10.0. The number of hydrogen-bond acceptors (Lipinski definition) is 4. The van der Waals surface area contributed by atoms with Crippen molar-refractivity contribution in [3.05, 3.63) is 89.9 Å². The third-order valence-corrected chi connectivity index (χ3v) is 5.57. The van der Waals surface area contributed by atoms with Crippen LogP contribution in [0.15, 0.2) is 72.9 Å². The molecule has 1 aliphatic rings. The second kappa shape index (κ2) is 9.09. The van der Waals surface area contributed by atoms with Crippen LogP contribution in [0.3, 0.4) is 0 Å². The Morgan fingerprint density at radius 1 is 0.906 bits per heavy atom.